The number of hydrogen-bond acceptors (Lipinski definition) is 7. The van der Waals surface area contributed by atoms with Gasteiger partial charge in [-0.05, 0) is 17.7 Å². The van der Waals surface area contributed by atoms with Gasteiger partial charge >= 0.3 is 5.97 Å². The van der Waals surface area contributed by atoms with Crippen LogP contribution in [0.5, 0.6) is 5.75 Å². The van der Waals surface area contributed by atoms with Crippen LogP contribution in [-0.2, 0) is 4.74 Å². The summed E-state index contributed by atoms with van der Waals surface area (Å²) in [6, 6.07) is 5.16. The van der Waals surface area contributed by atoms with E-state index in [1.165, 1.54) is 44.1 Å². The highest BCUT2D eigenvalue weighted by molar-refractivity contribution is 7.15. The number of anilines is 1. The van der Waals surface area contributed by atoms with Crippen molar-refractivity contribution in [1.82, 2.24) is 9.97 Å². The van der Waals surface area contributed by atoms with Crippen molar-refractivity contribution in [2.45, 2.75) is 0 Å². The summed E-state index contributed by atoms with van der Waals surface area (Å²) in [5.74, 6) is -0.534. The number of benzene rings is 1. The van der Waals surface area contributed by atoms with Crippen LogP contribution in [0.25, 0.3) is 11.1 Å². The Morgan fingerprint density at radius 2 is 2.04 bits per heavy atom. The molecule has 0 unspecified atom stereocenters. The first-order valence-corrected chi connectivity index (χ1v) is 8.92. The summed E-state index contributed by atoms with van der Waals surface area (Å²) < 4.78 is 10.0. The van der Waals surface area contributed by atoms with Gasteiger partial charge < -0.3 is 14.8 Å². The van der Waals surface area contributed by atoms with Crippen LogP contribution in [0.15, 0.2) is 42.2 Å². The van der Waals surface area contributed by atoms with Crippen molar-refractivity contribution in [3.05, 3.63) is 58.4 Å². The molecule has 0 spiro atoms. The molecule has 3 rings (SSSR count). The smallest absolute Gasteiger partial charge is 0.341 e. The van der Waals surface area contributed by atoms with Crippen molar-refractivity contribution in [3.63, 3.8) is 0 Å². The fourth-order valence-electron chi connectivity index (χ4n) is 2.38. The molecular formula is C18H14ClN3O4S. The Hall–Kier alpha value is -2.97. The Bertz CT molecular complexity index is 992. The summed E-state index contributed by atoms with van der Waals surface area (Å²) in [5, 5.41) is 5.19. The molecule has 0 atom stereocenters. The molecule has 0 aliphatic rings. The molecule has 0 saturated heterocycles. The van der Waals surface area contributed by atoms with E-state index in [2.05, 4.69) is 15.3 Å². The maximum absolute atomic E-state index is 12.4. The van der Waals surface area contributed by atoms with Crippen LogP contribution in [-0.4, -0.2) is 36.1 Å². The van der Waals surface area contributed by atoms with Gasteiger partial charge in [-0.15, -0.1) is 11.3 Å². The molecule has 9 heteroatoms. The second-order valence-electron chi connectivity index (χ2n) is 5.24. The van der Waals surface area contributed by atoms with E-state index in [0.717, 1.165) is 0 Å². The Kier molecular flexibility index (Phi) is 5.68. The van der Waals surface area contributed by atoms with E-state index in [-0.39, 0.29) is 11.3 Å². The van der Waals surface area contributed by atoms with Crippen LogP contribution in [0.2, 0.25) is 5.02 Å². The van der Waals surface area contributed by atoms with Gasteiger partial charge in [0.2, 0.25) is 0 Å². The molecule has 138 valence electrons. The van der Waals surface area contributed by atoms with Crippen LogP contribution in [0.3, 0.4) is 0 Å². The van der Waals surface area contributed by atoms with Crippen LogP contribution in [0, 0.1) is 0 Å². The van der Waals surface area contributed by atoms with Gasteiger partial charge in [-0.2, -0.15) is 0 Å². The van der Waals surface area contributed by atoms with Crippen LogP contribution >= 0.6 is 22.9 Å². The van der Waals surface area contributed by atoms with Crippen LogP contribution in [0.1, 0.15) is 20.8 Å². The lowest BCUT2D eigenvalue weighted by Crippen LogP contribution is -2.15. The largest absolute Gasteiger partial charge is 0.495 e. The van der Waals surface area contributed by atoms with E-state index in [0.29, 0.717) is 26.9 Å². The third-order valence-corrected chi connectivity index (χ3v) is 4.86. The Balaban J connectivity index is 2.00. The minimum atomic E-state index is -0.576. The highest BCUT2D eigenvalue weighted by Gasteiger charge is 2.23. The fraction of sp³-hybridized carbons (Fsp3) is 0.111. The molecule has 27 heavy (non-hydrogen) atoms. The number of amides is 1. The molecular weight excluding hydrogens is 390 g/mol. The molecule has 1 amide bonds. The van der Waals surface area contributed by atoms with Crippen molar-refractivity contribution in [2.75, 3.05) is 19.5 Å². The first-order chi connectivity index (χ1) is 13.0. The molecule has 7 nitrogen and oxygen atoms in total. The van der Waals surface area contributed by atoms with Crippen molar-refractivity contribution in [1.29, 1.82) is 0 Å². The van der Waals surface area contributed by atoms with Crippen LogP contribution < -0.4 is 10.1 Å². The molecule has 0 saturated carbocycles. The lowest BCUT2D eigenvalue weighted by Gasteiger charge is -2.09. The standard InChI is InChI=1S/C18H14ClN3O4S/c1-25-14-4-3-10(7-12(14)19)11-9-27-17(15(11)18(24)26-2)22-16(23)13-8-20-5-6-21-13/h3-9H,1-2H3,(H,22,23). The summed E-state index contributed by atoms with van der Waals surface area (Å²) in [7, 11) is 2.80. The van der Waals surface area contributed by atoms with E-state index in [4.69, 9.17) is 21.1 Å². The van der Waals surface area contributed by atoms with E-state index < -0.39 is 11.9 Å². The predicted octanol–water partition coefficient (Wildman–Crippen LogP) is 3.91. The summed E-state index contributed by atoms with van der Waals surface area (Å²) in [6.45, 7) is 0. The van der Waals surface area contributed by atoms with E-state index >= 15 is 0 Å². The molecule has 3 aromatic rings. The number of nitrogens with zero attached hydrogens (tertiary/aromatic N) is 2. The SMILES string of the molecule is COC(=O)c1c(-c2ccc(OC)c(Cl)c2)csc1NC(=O)c1cnccn1. The zero-order valence-electron chi connectivity index (χ0n) is 14.4. The zero-order valence-corrected chi connectivity index (χ0v) is 15.9. The predicted molar refractivity (Wildman–Crippen MR) is 103 cm³/mol. The lowest BCUT2D eigenvalue weighted by molar-refractivity contribution is 0.0603. The quantitative estimate of drug-likeness (QED) is 0.649. The number of hydrogen-bond donors (Lipinski definition) is 1. The van der Waals surface area contributed by atoms with Crippen molar-refractivity contribution in [2.24, 2.45) is 0 Å². The van der Waals surface area contributed by atoms with E-state index in [9.17, 15) is 9.59 Å². The molecule has 0 fully saturated rings. The topological polar surface area (TPSA) is 90.4 Å². The van der Waals surface area contributed by atoms with Gasteiger partial charge in [0.25, 0.3) is 5.91 Å². The maximum atomic E-state index is 12.4. The van der Waals surface area contributed by atoms with Gasteiger partial charge in [-0.25, -0.2) is 9.78 Å². The minimum absolute atomic E-state index is 0.135. The van der Waals surface area contributed by atoms with Crippen molar-refractivity contribution >= 4 is 39.8 Å². The molecule has 2 heterocycles. The molecule has 0 bridgehead atoms. The Labute approximate surface area is 163 Å². The van der Waals surface area contributed by atoms with Crippen molar-refractivity contribution in [3.8, 4) is 16.9 Å². The number of rotatable bonds is 5. The van der Waals surface area contributed by atoms with Gasteiger partial charge in [0, 0.05) is 23.3 Å². The molecule has 0 aliphatic carbocycles. The molecule has 1 N–H and O–H groups in total. The summed E-state index contributed by atoms with van der Waals surface area (Å²) in [4.78, 5) is 32.5. The van der Waals surface area contributed by atoms with Gasteiger partial charge in [0.1, 0.15) is 22.0 Å². The first kappa shape index (κ1) is 18.8. The number of aromatic nitrogens is 2. The van der Waals surface area contributed by atoms with Gasteiger partial charge in [-0.3, -0.25) is 9.78 Å². The third kappa shape index (κ3) is 3.91. The molecule has 2 aromatic heterocycles. The maximum Gasteiger partial charge on any atom is 0.341 e. The number of esters is 1. The monoisotopic (exact) mass is 403 g/mol. The average molecular weight is 404 g/mol. The Morgan fingerprint density at radius 3 is 2.67 bits per heavy atom. The van der Waals surface area contributed by atoms with Gasteiger partial charge in [-0.1, -0.05) is 17.7 Å². The lowest BCUT2D eigenvalue weighted by atomic mass is 10.0. The number of nitrogens with one attached hydrogen (secondary N) is 1. The normalized spacial score (nSPS) is 10.3. The van der Waals surface area contributed by atoms with Gasteiger partial charge in [0.15, 0.2) is 0 Å². The molecule has 0 radical (unpaired) electrons. The van der Waals surface area contributed by atoms with E-state index in [1.807, 2.05) is 0 Å². The number of carbonyl (C=O) groups excluding carboxylic acids is 2. The van der Waals surface area contributed by atoms with Crippen LogP contribution in [0.4, 0.5) is 5.00 Å². The summed E-state index contributed by atoms with van der Waals surface area (Å²) in [5.41, 5.74) is 1.65. The number of methoxy groups -OCH3 is 2. The minimum Gasteiger partial charge on any atom is -0.495 e. The zero-order chi connectivity index (χ0) is 19.4. The fourth-order valence-corrected chi connectivity index (χ4v) is 3.59. The summed E-state index contributed by atoms with van der Waals surface area (Å²) in [6.07, 6.45) is 4.22. The van der Waals surface area contributed by atoms with E-state index in [1.54, 1.807) is 23.6 Å². The van der Waals surface area contributed by atoms with Crippen molar-refractivity contribution < 1.29 is 19.1 Å². The number of ether oxygens (including phenoxy) is 2. The number of halogens is 1. The number of thiophene rings is 1. The highest BCUT2D eigenvalue weighted by Crippen LogP contribution is 2.38. The average Bonchev–Trinajstić information content (AvgIpc) is 3.11. The molecule has 1 aromatic carbocycles. The second kappa shape index (κ2) is 8.15. The number of carbonyl (C=O) groups is 2. The Morgan fingerprint density at radius 1 is 1.22 bits per heavy atom. The molecule has 0 aliphatic heterocycles. The second-order valence-corrected chi connectivity index (χ2v) is 6.53. The highest BCUT2D eigenvalue weighted by atomic mass is 35.5. The summed E-state index contributed by atoms with van der Waals surface area (Å²) >= 11 is 7.39. The third-order valence-electron chi connectivity index (χ3n) is 3.67. The van der Waals surface area contributed by atoms with Gasteiger partial charge in [0.05, 0.1) is 25.4 Å². The first-order valence-electron chi connectivity index (χ1n) is 7.66.